The largest absolute Gasteiger partial charge is 0.243 e. The van der Waals surface area contributed by atoms with Gasteiger partial charge in [0.1, 0.15) is 0 Å². The molecule has 1 aliphatic heterocycles. The third-order valence-corrected chi connectivity index (χ3v) is 5.89. The van der Waals surface area contributed by atoms with E-state index in [1.165, 1.54) is 12.8 Å². The monoisotopic (exact) mass is 301 g/mol. The first-order chi connectivity index (χ1) is 9.04. The van der Waals surface area contributed by atoms with Gasteiger partial charge in [-0.2, -0.15) is 4.31 Å². The molecular weight excluding hydrogens is 282 g/mol. The second-order valence-corrected chi connectivity index (χ2v) is 7.46. The first-order valence-electron chi connectivity index (χ1n) is 6.79. The Morgan fingerprint density at radius 3 is 2.32 bits per heavy atom. The Morgan fingerprint density at radius 2 is 1.79 bits per heavy atom. The fourth-order valence-corrected chi connectivity index (χ4v) is 4.20. The molecule has 0 aromatic heterocycles. The minimum absolute atomic E-state index is 0.339. The molecule has 106 valence electrons. The van der Waals surface area contributed by atoms with Gasteiger partial charge in [-0.25, -0.2) is 8.42 Å². The topological polar surface area (TPSA) is 37.4 Å². The summed E-state index contributed by atoms with van der Waals surface area (Å²) in [7, 11) is -3.34. The molecule has 1 aromatic rings. The average molecular weight is 302 g/mol. The number of halogens is 1. The molecule has 0 unspecified atom stereocenters. The van der Waals surface area contributed by atoms with Crippen molar-refractivity contribution >= 4 is 21.6 Å². The molecule has 0 radical (unpaired) electrons. The van der Waals surface area contributed by atoms with Gasteiger partial charge in [0.05, 0.1) is 4.90 Å². The maximum atomic E-state index is 12.4. The lowest BCUT2D eigenvalue weighted by Gasteiger charge is -2.31. The van der Waals surface area contributed by atoms with E-state index in [1.54, 1.807) is 28.6 Å². The van der Waals surface area contributed by atoms with Gasteiger partial charge in [0.2, 0.25) is 10.0 Å². The first kappa shape index (κ1) is 14.8. The van der Waals surface area contributed by atoms with Gasteiger partial charge in [-0.1, -0.05) is 31.4 Å². The molecule has 0 spiro atoms. The second-order valence-electron chi connectivity index (χ2n) is 5.09. The van der Waals surface area contributed by atoms with Crippen LogP contribution in [0.5, 0.6) is 0 Å². The van der Waals surface area contributed by atoms with Crippen LogP contribution < -0.4 is 0 Å². The zero-order valence-corrected chi connectivity index (χ0v) is 12.8. The standard InChI is InChI=1S/C14H20ClNO2S/c1-2-3-12-8-10-16(11-9-12)19(17,18)14-6-4-13(15)5-7-14/h4-7,12H,2-3,8-11H2,1H3. The van der Waals surface area contributed by atoms with E-state index in [4.69, 9.17) is 11.6 Å². The third kappa shape index (κ3) is 3.50. The van der Waals surface area contributed by atoms with E-state index >= 15 is 0 Å². The number of benzene rings is 1. The van der Waals surface area contributed by atoms with Crippen LogP contribution in [0.3, 0.4) is 0 Å². The summed E-state index contributed by atoms with van der Waals surface area (Å²) in [5.74, 6) is 0.682. The molecule has 5 heteroatoms. The van der Waals surface area contributed by atoms with Gasteiger partial charge in [0.25, 0.3) is 0 Å². The van der Waals surface area contributed by atoms with E-state index in [9.17, 15) is 8.42 Å². The SMILES string of the molecule is CCCC1CCN(S(=O)(=O)c2ccc(Cl)cc2)CC1. The minimum Gasteiger partial charge on any atom is -0.207 e. The third-order valence-electron chi connectivity index (χ3n) is 3.72. The summed E-state index contributed by atoms with van der Waals surface area (Å²) in [4.78, 5) is 0.339. The van der Waals surface area contributed by atoms with Crippen LogP contribution in [0.1, 0.15) is 32.6 Å². The summed E-state index contributed by atoms with van der Waals surface area (Å²) in [6, 6.07) is 6.40. The maximum Gasteiger partial charge on any atom is 0.243 e. The molecule has 0 atom stereocenters. The number of hydrogen-bond donors (Lipinski definition) is 0. The molecule has 2 rings (SSSR count). The lowest BCUT2D eigenvalue weighted by atomic mass is 9.94. The van der Waals surface area contributed by atoms with Crippen molar-refractivity contribution in [1.29, 1.82) is 0 Å². The van der Waals surface area contributed by atoms with Gasteiger partial charge in [0.15, 0.2) is 0 Å². The van der Waals surface area contributed by atoms with E-state index in [-0.39, 0.29) is 0 Å². The average Bonchev–Trinajstić information content (AvgIpc) is 2.40. The maximum absolute atomic E-state index is 12.4. The Bertz CT molecular complexity index is 505. The molecular formula is C14H20ClNO2S. The van der Waals surface area contributed by atoms with Crippen molar-refractivity contribution in [2.24, 2.45) is 5.92 Å². The molecule has 1 saturated heterocycles. The predicted molar refractivity (Wildman–Crippen MR) is 77.8 cm³/mol. The Balaban J connectivity index is 2.07. The highest BCUT2D eigenvalue weighted by molar-refractivity contribution is 7.89. The van der Waals surface area contributed by atoms with Crippen LogP contribution in [0, 0.1) is 5.92 Å². The van der Waals surface area contributed by atoms with Crippen molar-refractivity contribution < 1.29 is 8.42 Å². The number of hydrogen-bond acceptors (Lipinski definition) is 2. The van der Waals surface area contributed by atoms with E-state index in [0.29, 0.717) is 28.9 Å². The van der Waals surface area contributed by atoms with Crippen molar-refractivity contribution in [1.82, 2.24) is 4.31 Å². The van der Waals surface area contributed by atoms with E-state index in [0.717, 1.165) is 12.8 Å². The Labute approximate surface area is 120 Å². The summed E-state index contributed by atoms with van der Waals surface area (Å²) in [5.41, 5.74) is 0. The number of rotatable bonds is 4. The molecule has 1 heterocycles. The van der Waals surface area contributed by atoms with Gasteiger partial charge >= 0.3 is 0 Å². The van der Waals surface area contributed by atoms with Gasteiger partial charge in [-0.05, 0) is 43.0 Å². The van der Waals surface area contributed by atoms with Crippen molar-refractivity contribution in [3.63, 3.8) is 0 Å². The molecule has 19 heavy (non-hydrogen) atoms. The van der Waals surface area contributed by atoms with Crippen molar-refractivity contribution in [3.05, 3.63) is 29.3 Å². The van der Waals surface area contributed by atoms with Crippen LogP contribution in [-0.4, -0.2) is 25.8 Å². The number of sulfonamides is 1. The summed E-state index contributed by atoms with van der Waals surface area (Å²) >= 11 is 5.79. The Kier molecular flexibility index (Phi) is 4.87. The Morgan fingerprint density at radius 1 is 1.21 bits per heavy atom. The van der Waals surface area contributed by atoms with Crippen molar-refractivity contribution in [2.45, 2.75) is 37.5 Å². The lowest BCUT2D eigenvalue weighted by Crippen LogP contribution is -2.38. The van der Waals surface area contributed by atoms with Crippen LogP contribution in [-0.2, 0) is 10.0 Å². The molecule has 0 N–H and O–H groups in total. The quantitative estimate of drug-likeness (QED) is 0.853. The fourth-order valence-electron chi connectivity index (χ4n) is 2.60. The molecule has 1 aromatic carbocycles. The number of piperidine rings is 1. The van der Waals surface area contributed by atoms with Crippen molar-refractivity contribution in [2.75, 3.05) is 13.1 Å². The summed E-state index contributed by atoms with van der Waals surface area (Å²) in [6.07, 6.45) is 4.32. The molecule has 1 aliphatic rings. The molecule has 0 saturated carbocycles. The van der Waals surface area contributed by atoms with Gasteiger partial charge in [-0.15, -0.1) is 0 Å². The zero-order valence-electron chi connectivity index (χ0n) is 11.2. The first-order valence-corrected chi connectivity index (χ1v) is 8.61. The van der Waals surface area contributed by atoms with E-state index in [1.807, 2.05) is 0 Å². The predicted octanol–water partition coefficient (Wildman–Crippen LogP) is 3.54. The van der Waals surface area contributed by atoms with E-state index in [2.05, 4.69) is 6.92 Å². The summed E-state index contributed by atoms with van der Waals surface area (Å²) < 4.78 is 26.5. The van der Waals surface area contributed by atoms with Crippen LogP contribution in [0.4, 0.5) is 0 Å². The molecule has 3 nitrogen and oxygen atoms in total. The van der Waals surface area contributed by atoms with Gasteiger partial charge in [0, 0.05) is 18.1 Å². The fraction of sp³-hybridized carbons (Fsp3) is 0.571. The van der Waals surface area contributed by atoms with Crippen LogP contribution >= 0.6 is 11.6 Å². The number of nitrogens with zero attached hydrogens (tertiary/aromatic N) is 1. The normalized spacial score (nSPS) is 18.6. The zero-order chi connectivity index (χ0) is 13.9. The highest BCUT2D eigenvalue weighted by atomic mass is 35.5. The van der Waals surface area contributed by atoms with Crippen LogP contribution in [0.25, 0.3) is 0 Å². The molecule has 0 amide bonds. The lowest BCUT2D eigenvalue weighted by molar-refractivity contribution is 0.262. The van der Waals surface area contributed by atoms with Crippen LogP contribution in [0.2, 0.25) is 5.02 Å². The smallest absolute Gasteiger partial charge is 0.207 e. The molecule has 1 fully saturated rings. The van der Waals surface area contributed by atoms with Crippen molar-refractivity contribution in [3.8, 4) is 0 Å². The molecule has 0 bridgehead atoms. The molecule has 0 aliphatic carbocycles. The highest BCUT2D eigenvalue weighted by Crippen LogP contribution is 2.26. The minimum atomic E-state index is -3.34. The van der Waals surface area contributed by atoms with Crippen LogP contribution in [0.15, 0.2) is 29.2 Å². The highest BCUT2D eigenvalue weighted by Gasteiger charge is 2.28. The second kappa shape index (κ2) is 6.25. The van der Waals surface area contributed by atoms with E-state index < -0.39 is 10.0 Å². The Hall–Kier alpha value is -0.580. The van der Waals surface area contributed by atoms with Gasteiger partial charge < -0.3 is 0 Å². The summed E-state index contributed by atoms with van der Waals surface area (Å²) in [5, 5.41) is 0.556. The summed E-state index contributed by atoms with van der Waals surface area (Å²) in [6.45, 7) is 3.45. The van der Waals surface area contributed by atoms with Gasteiger partial charge in [-0.3, -0.25) is 0 Å².